The monoisotopic (exact) mass is 409 g/mol. The lowest BCUT2D eigenvalue weighted by Crippen LogP contribution is -2.42. The van der Waals surface area contributed by atoms with Crippen LogP contribution in [0.5, 0.6) is 0 Å². The van der Waals surface area contributed by atoms with E-state index >= 15 is 0 Å². The van der Waals surface area contributed by atoms with Crippen LogP contribution in [-0.4, -0.2) is 39.4 Å². The van der Waals surface area contributed by atoms with Crippen LogP contribution in [0, 0.1) is 6.92 Å². The smallest absolute Gasteiger partial charge is 0.184 e. The first-order chi connectivity index (χ1) is 12.5. The van der Waals surface area contributed by atoms with Gasteiger partial charge in [-0.3, -0.25) is 4.98 Å². The van der Waals surface area contributed by atoms with Crippen LogP contribution in [0.25, 0.3) is 0 Å². The third-order valence-corrected chi connectivity index (χ3v) is 8.67. The average Bonchev–Trinajstić information content (AvgIpc) is 2.61. The molecule has 0 saturated carbocycles. The Morgan fingerprint density at radius 2 is 1.85 bits per heavy atom. The summed E-state index contributed by atoms with van der Waals surface area (Å²) >= 11 is 0. The maximum absolute atomic E-state index is 13.3. The molecular formula is C19H23NO5S2. The number of ether oxygens (including phenoxy) is 1. The summed E-state index contributed by atoms with van der Waals surface area (Å²) in [6.07, 6.45) is 4.01. The van der Waals surface area contributed by atoms with Gasteiger partial charge in [0.15, 0.2) is 19.7 Å². The summed E-state index contributed by atoms with van der Waals surface area (Å²) in [5.41, 5.74) is 1.46. The lowest BCUT2D eigenvalue weighted by molar-refractivity contribution is -0.00000301. The maximum atomic E-state index is 13.3. The Hall–Kier alpha value is -1.77. The minimum Gasteiger partial charge on any atom is -0.373 e. The fraction of sp³-hybridized carbons (Fsp3) is 0.421. The van der Waals surface area contributed by atoms with Gasteiger partial charge in [0, 0.05) is 30.8 Å². The van der Waals surface area contributed by atoms with Crippen LogP contribution in [0.4, 0.5) is 0 Å². The molecule has 146 valence electrons. The van der Waals surface area contributed by atoms with Crippen molar-refractivity contribution in [2.24, 2.45) is 0 Å². The summed E-state index contributed by atoms with van der Waals surface area (Å²) < 4.78 is 55.0. The zero-order valence-electron chi connectivity index (χ0n) is 15.5. The van der Waals surface area contributed by atoms with E-state index in [1.54, 1.807) is 25.1 Å². The van der Waals surface area contributed by atoms with Gasteiger partial charge in [0.2, 0.25) is 0 Å². The van der Waals surface area contributed by atoms with Gasteiger partial charge in [-0.15, -0.1) is 0 Å². The number of pyridine rings is 1. The number of aryl methyl sites for hydroxylation is 1. The summed E-state index contributed by atoms with van der Waals surface area (Å²) in [4.78, 5) is 4.39. The summed E-state index contributed by atoms with van der Waals surface area (Å²) in [7, 11) is -6.99. The number of hydrogen-bond donors (Lipinski definition) is 0. The molecule has 0 N–H and O–H groups in total. The standard InChI is InChI=1S/C19H23NO5S2/c1-14-5-4-6-16(9-14)27(23,24)19(2)7-8-25-18(11-19)15-10-17(13-20-12-15)26(3,21)22/h4-6,9-10,12-13,18H,7-8,11H2,1-3H3/t18-,19-/m1/s1. The second-order valence-corrected chi connectivity index (χ2v) is 11.8. The second kappa shape index (κ2) is 7.00. The van der Waals surface area contributed by atoms with Crippen molar-refractivity contribution >= 4 is 19.7 Å². The molecule has 1 aromatic heterocycles. The lowest BCUT2D eigenvalue weighted by atomic mass is 9.93. The van der Waals surface area contributed by atoms with E-state index < -0.39 is 30.5 Å². The molecule has 1 aliphatic heterocycles. The highest BCUT2D eigenvalue weighted by atomic mass is 32.2. The van der Waals surface area contributed by atoms with E-state index in [0.29, 0.717) is 16.9 Å². The Morgan fingerprint density at radius 1 is 1.11 bits per heavy atom. The van der Waals surface area contributed by atoms with Gasteiger partial charge in [0.05, 0.1) is 20.6 Å². The van der Waals surface area contributed by atoms with Gasteiger partial charge in [0.1, 0.15) is 0 Å². The Balaban J connectivity index is 1.96. The molecule has 2 aromatic rings. The number of benzene rings is 1. The Bertz CT molecular complexity index is 1060. The second-order valence-electron chi connectivity index (χ2n) is 7.31. The lowest BCUT2D eigenvalue weighted by Gasteiger charge is -2.37. The van der Waals surface area contributed by atoms with Crippen LogP contribution in [-0.2, 0) is 24.4 Å². The van der Waals surface area contributed by atoms with E-state index in [-0.39, 0.29) is 17.9 Å². The van der Waals surface area contributed by atoms with Gasteiger partial charge in [-0.1, -0.05) is 12.1 Å². The molecule has 0 radical (unpaired) electrons. The van der Waals surface area contributed by atoms with Crippen LogP contribution < -0.4 is 0 Å². The molecule has 8 heteroatoms. The van der Waals surface area contributed by atoms with E-state index in [0.717, 1.165) is 11.8 Å². The SMILES string of the molecule is Cc1cccc(S(=O)(=O)[C@]2(C)CCO[C@@H](c3cncc(S(C)(=O)=O)c3)C2)c1. The first-order valence-corrected chi connectivity index (χ1v) is 12.0. The van der Waals surface area contributed by atoms with Crippen molar-refractivity contribution in [3.63, 3.8) is 0 Å². The van der Waals surface area contributed by atoms with Crippen molar-refractivity contribution in [2.75, 3.05) is 12.9 Å². The minimum absolute atomic E-state index is 0.0948. The summed E-state index contributed by atoms with van der Waals surface area (Å²) in [5.74, 6) is 0. The Kier molecular flexibility index (Phi) is 5.18. The number of sulfone groups is 2. The van der Waals surface area contributed by atoms with Crippen LogP contribution >= 0.6 is 0 Å². The van der Waals surface area contributed by atoms with E-state index in [9.17, 15) is 16.8 Å². The van der Waals surface area contributed by atoms with E-state index in [1.165, 1.54) is 18.5 Å². The molecule has 27 heavy (non-hydrogen) atoms. The molecular weight excluding hydrogens is 386 g/mol. The van der Waals surface area contributed by atoms with Crippen molar-refractivity contribution in [3.05, 3.63) is 53.9 Å². The van der Waals surface area contributed by atoms with Gasteiger partial charge in [-0.2, -0.15) is 0 Å². The molecule has 1 fully saturated rings. The molecule has 0 spiro atoms. The highest BCUT2D eigenvalue weighted by Crippen LogP contribution is 2.42. The third-order valence-electron chi connectivity index (χ3n) is 5.05. The van der Waals surface area contributed by atoms with Gasteiger partial charge in [0.25, 0.3) is 0 Å². The topological polar surface area (TPSA) is 90.4 Å². The first-order valence-electron chi connectivity index (χ1n) is 8.61. The number of nitrogens with zero attached hydrogens (tertiary/aromatic N) is 1. The Labute approximate surface area is 160 Å². The van der Waals surface area contributed by atoms with Gasteiger partial charge in [-0.25, -0.2) is 16.8 Å². The van der Waals surface area contributed by atoms with E-state index in [4.69, 9.17) is 4.74 Å². The molecule has 2 heterocycles. The van der Waals surface area contributed by atoms with Gasteiger partial charge >= 0.3 is 0 Å². The molecule has 0 unspecified atom stereocenters. The van der Waals surface area contributed by atoms with Gasteiger partial charge in [-0.05, 0) is 50.5 Å². The zero-order valence-corrected chi connectivity index (χ0v) is 17.2. The Morgan fingerprint density at radius 3 is 2.52 bits per heavy atom. The van der Waals surface area contributed by atoms with Crippen LogP contribution in [0.1, 0.15) is 37.0 Å². The molecule has 1 aliphatic rings. The number of rotatable bonds is 4. The third kappa shape index (κ3) is 3.93. The largest absolute Gasteiger partial charge is 0.373 e. The van der Waals surface area contributed by atoms with E-state index in [1.807, 2.05) is 13.0 Å². The summed E-state index contributed by atoms with van der Waals surface area (Å²) in [6.45, 7) is 3.86. The van der Waals surface area contributed by atoms with Crippen LogP contribution in [0.2, 0.25) is 0 Å². The molecule has 0 aliphatic carbocycles. The molecule has 2 atom stereocenters. The fourth-order valence-electron chi connectivity index (χ4n) is 3.31. The average molecular weight is 410 g/mol. The predicted octanol–water partition coefficient (Wildman–Crippen LogP) is 2.88. The quantitative estimate of drug-likeness (QED) is 0.771. The van der Waals surface area contributed by atoms with Gasteiger partial charge < -0.3 is 4.74 Å². The van der Waals surface area contributed by atoms with Crippen LogP contribution in [0.3, 0.4) is 0 Å². The summed E-state index contributed by atoms with van der Waals surface area (Å²) in [5, 5.41) is 0. The van der Waals surface area contributed by atoms with E-state index in [2.05, 4.69) is 4.98 Å². The summed E-state index contributed by atoms with van der Waals surface area (Å²) in [6, 6.07) is 8.40. The van der Waals surface area contributed by atoms with Crippen molar-refractivity contribution < 1.29 is 21.6 Å². The number of aromatic nitrogens is 1. The minimum atomic E-state index is -3.58. The van der Waals surface area contributed by atoms with Crippen molar-refractivity contribution in [2.45, 2.75) is 47.3 Å². The fourth-order valence-corrected chi connectivity index (χ4v) is 5.80. The highest BCUT2D eigenvalue weighted by molar-refractivity contribution is 7.92. The predicted molar refractivity (Wildman–Crippen MR) is 102 cm³/mol. The first kappa shape index (κ1) is 20.0. The normalized spacial score (nSPS) is 23.9. The molecule has 1 saturated heterocycles. The highest BCUT2D eigenvalue weighted by Gasteiger charge is 2.45. The maximum Gasteiger partial charge on any atom is 0.184 e. The molecule has 6 nitrogen and oxygen atoms in total. The zero-order chi connectivity index (χ0) is 19.9. The molecule has 0 bridgehead atoms. The van der Waals surface area contributed by atoms with Crippen molar-refractivity contribution in [3.8, 4) is 0 Å². The number of hydrogen-bond acceptors (Lipinski definition) is 6. The van der Waals surface area contributed by atoms with Crippen LogP contribution in [0.15, 0.2) is 52.5 Å². The molecule has 0 amide bonds. The molecule has 3 rings (SSSR count). The van der Waals surface area contributed by atoms with Crippen molar-refractivity contribution in [1.29, 1.82) is 0 Å². The molecule has 1 aromatic carbocycles. The van der Waals surface area contributed by atoms with Crippen molar-refractivity contribution in [1.82, 2.24) is 4.98 Å².